The van der Waals surface area contributed by atoms with E-state index in [-0.39, 0.29) is 18.3 Å². The lowest BCUT2D eigenvalue weighted by atomic mass is 10.2. The molecule has 3 N–H and O–H groups in total. The molecule has 0 fully saturated rings. The van der Waals surface area contributed by atoms with E-state index in [1.165, 1.54) is 6.07 Å². The van der Waals surface area contributed by atoms with Crippen LogP contribution in [-0.2, 0) is 4.79 Å². The largest absolute Gasteiger partial charge is 0.399 e. The Morgan fingerprint density at radius 3 is 2.71 bits per heavy atom. The van der Waals surface area contributed by atoms with Gasteiger partial charge < -0.3 is 16.0 Å². The molecule has 0 unspecified atom stereocenters. The van der Waals surface area contributed by atoms with Crippen LogP contribution in [0.25, 0.3) is 0 Å². The summed E-state index contributed by atoms with van der Waals surface area (Å²) in [7, 11) is 1.66. The van der Waals surface area contributed by atoms with E-state index in [0.29, 0.717) is 21.5 Å². The van der Waals surface area contributed by atoms with Crippen LogP contribution in [-0.4, -0.2) is 19.5 Å². The van der Waals surface area contributed by atoms with Crippen molar-refractivity contribution in [2.75, 3.05) is 29.5 Å². The third-order valence-corrected chi connectivity index (χ3v) is 3.57. The predicted molar refractivity (Wildman–Crippen MR) is 86.9 cm³/mol. The Balaban J connectivity index is 2.03. The molecule has 0 spiro atoms. The molecule has 2 rings (SSSR count). The first-order valence-electron chi connectivity index (χ1n) is 6.28. The Morgan fingerprint density at radius 2 is 2.05 bits per heavy atom. The third-order valence-electron chi connectivity index (χ3n) is 2.91. The molecule has 0 aromatic heterocycles. The van der Waals surface area contributed by atoms with Crippen molar-refractivity contribution in [2.24, 2.45) is 0 Å². The van der Waals surface area contributed by atoms with Gasteiger partial charge in [0, 0.05) is 17.2 Å². The van der Waals surface area contributed by atoms with Crippen LogP contribution in [0.1, 0.15) is 0 Å². The number of carbonyl (C=O) groups excluding carboxylic acids is 1. The lowest BCUT2D eigenvalue weighted by Crippen LogP contribution is -2.30. The molecule has 0 bridgehead atoms. The molecule has 0 saturated heterocycles. The zero-order chi connectivity index (χ0) is 15.4. The zero-order valence-electron chi connectivity index (χ0n) is 11.4. The van der Waals surface area contributed by atoms with E-state index in [1.54, 1.807) is 48.3 Å². The molecule has 21 heavy (non-hydrogen) atoms. The lowest BCUT2D eigenvalue weighted by Gasteiger charge is -2.19. The van der Waals surface area contributed by atoms with Gasteiger partial charge in [-0.2, -0.15) is 0 Å². The van der Waals surface area contributed by atoms with Gasteiger partial charge in [0.05, 0.1) is 17.9 Å². The molecule has 110 valence electrons. The summed E-state index contributed by atoms with van der Waals surface area (Å²) in [6.07, 6.45) is 0. The maximum Gasteiger partial charge on any atom is 0.243 e. The van der Waals surface area contributed by atoms with E-state index in [9.17, 15) is 9.18 Å². The van der Waals surface area contributed by atoms with Crippen LogP contribution in [0.4, 0.5) is 21.5 Å². The van der Waals surface area contributed by atoms with Gasteiger partial charge in [0.15, 0.2) is 0 Å². The fraction of sp³-hybridized carbons (Fsp3) is 0.133. The van der Waals surface area contributed by atoms with Crippen molar-refractivity contribution in [3.8, 4) is 0 Å². The van der Waals surface area contributed by atoms with E-state index in [4.69, 9.17) is 5.73 Å². The number of halogens is 2. The van der Waals surface area contributed by atoms with Gasteiger partial charge in [-0.25, -0.2) is 4.39 Å². The fourth-order valence-electron chi connectivity index (χ4n) is 1.88. The first kappa shape index (κ1) is 15.3. The van der Waals surface area contributed by atoms with E-state index in [2.05, 4.69) is 21.2 Å². The molecule has 0 aliphatic rings. The molecule has 2 aromatic rings. The van der Waals surface area contributed by atoms with Crippen LogP contribution in [0, 0.1) is 5.82 Å². The Labute approximate surface area is 130 Å². The van der Waals surface area contributed by atoms with Crippen molar-refractivity contribution < 1.29 is 9.18 Å². The van der Waals surface area contributed by atoms with Crippen LogP contribution in [0.15, 0.2) is 46.9 Å². The number of nitrogens with two attached hydrogens (primary N) is 1. The third kappa shape index (κ3) is 3.95. The number of nitrogens with zero attached hydrogens (tertiary/aromatic N) is 1. The summed E-state index contributed by atoms with van der Waals surface area (Å²) < 4.78 is 14.3. The molecular formula is C15H15BrFN3O. The van der Waals surface area contributed by atoms with Crippen molar-refractivity contribution >= 4 is 38.9 Å². The number of nitrogens with one attached hydrogen (secondary N) is 1. The Hall–Kier alpha value is -2.08. The second-order valence-corrected chi connectivity index (χ2v) is 5.45. The number of amides is 1. The molecule has 0 radical (unpaired) electrons. The van der Waals surface area contributed by atoms with Gasteiger partial charge >= 0.3 is 0 Å². The topological polar surface area (TPSA) is 58.4 Å². The highest BCUT2D eigenvalue weighted by Crippen LogP contribution is 2.24. The van der Waals surface area contributed by atoms with Crippen LogP contribution in [0.3, 0.4) is 0 Å². The van der Waals surface area contributed by atoms with Crippen LogP contribution in [0.5, 0.6) is 0 Å². The zero-order valence-corrected chi connectivity index (χ0v) is 13.0. The smallest absolute Gasteiger partial charge is 0.243 e. The highest BCUT2D eigenvalue weighted by Gasteiger charge is 2.12. The summed E-state index contributed by atoms with van der Waals surface area (Å²) in [5, 5.41) is 2.75. The summed E-state index contributed by atoms with van der Waals surface area (Å²) in [6.45, 7) is 0.0394. The van der Waals surface area contributed by atoms with Gasteiger partial charge in [0.1, 0.15) is 5.82 Å². The molecular weight excluding hydrogens is 337 g/mol. The van der Waals surface area contributed by atoms with Gasteiger partial charge in [0.2, 0.25) is 5.91 Å². The van der Waals surface area contributed by atoms with E-state index < -0.39 is 0 Å². The van der Waals surface area contributed by atoms with Crippen LogP contribution in [0.2, 0.25) is 0 Å². The van der Waals surface area contributed by atoms with Gasteiger partial charge in [-0.1, -0.05) is 12.1 Å². The molecule has 0 atom stereocenters. The maximum absolute atomic E-state index is 13.6. The minimum Gasteiger partial charge on any atom is -0.399 e. The number of nitrogen functional groups attached to an aromatic ring is 1. The quantitative estimate of drug-likeness (QED) is 0.831. The summed E-state index contributed by atoms with van der Waals surface area (Å²) in [4.78, 5) is 13.6. The standard InChI is InChI=1S/C15H15BrFN3O/c1-20(14-5-3-2-4-12(14)17)9-15(21)19-13-7-6-10(18)8-11(13)16/h2-8H,9,18H2,1H3,(H,19,21). The predicted octanol–water partition coefficient (Wildman–Crippen LogP) is 3.25. The first-order valence-corrected chi connectivity index (χ1v) is 7.07. The maximum atomic E-state index is 13.6. The van der Waals surface area contributed by atoms with Crippen molar-refractivity contribution in [3.05, 3.63) is 52.8 Å². The monoisotopic (exact) mass is 351 g/mol. The van der Waals surface area contributed by atoms with Crippen molar-refractivity contribution in [2.45, 2.75) is 0 Å². The Bertz CT molecular complexity index is 663. The van der Waals surface area contributed by atoms with Crippen molar-refractivity contribution in [1.29, 1.82) is 0 Å². The van der Waals surface area contributed by atoms with Gasteiger partial charge in [-0.3, -0.25) is 4.79 Å². The fourth-order valence-corrected chi connectivity index (χ4v) is 2.38. The van der Waals surface area contributed by atoms with Gasteiger partial charge in [-0.15, -0.1) is 0 Å². The SMILES string of the molecule is CN(CC(=O)Nc1ccc(N)cc1Br)c1ccccc1F. The second-order valence-electron chi connectivity index (χ2n) is 4.59. The Kier molecular flexibility index (Phi) is 4.80. The number of rotatable bonds is 4. The number of likely N-dealkylation sites (N-methyl/N-ethyl adjacent to an activating group) is 1. The van der Waals surface area contributed by atoms with Crippen molar-refractivity contribution in [3.63, 3.8) is 0 Å². The minimum atomic E-state index is -0.360. The molecule has 6 heteroatoms. The average Bonchev–Trinajstić information content (AvgIpc) is 2.42. The van der Waals surface area contributed by atoms with Crippen LogP contribution < -0.4 is 16.0 Å². The molecule has 0 aliphatic carbocycles. The first-order chi connectivity index (χ1) is 9.97. The number of benzene rings is 2. The van der Waals surface area contributed by atoms with Crippen LogP contribution >= 0.6 is 15.9 Å². The molecule has 2 aromatic carbocycles. The number of hydrogen-bond donors (Lipinski definition) is 2. The number of para-hydroxylation sites is 1. The van der Waals surface area contributed by atoms with Crippen molar-refractivity contribution in [1.82, 2.24) is 0 Å². The molecule has 4 nitrogen and oxygen atoms in total. The summed E-state index contributed by atoms with van der Waals surface area (Å²) in [5.41, 5.74) is 7.24. The lowest BCUT2D eigenvalue weighted by molar-refractivity contribution is -0.114. The number of anilines is 3. The molecule has 0 saturated carbocycles. The summed E-state index contributed by atoms with van der Waals surface area (Å²) in [5.74, 6) is -0.604. The van der Waals surface area contributed by atoms with Gasteiger partial charge in [0.25, 0.3) is 0 Å². The normalized spacial score (nSPS) is 10.2. The molecule has 1 amide bonds. The molecule has 0 aliphatic heterocycles. The van der Waals surface area contributed by atoms with E-state index in [0.717, 1.165) is 0 Å². The highest BCUT2D eigenvalue weighted by molar-refractivity contribution is 9.10. The second kappa shape index (κ2) is 6.58. The molecule has 0 heterocycles. The number of carbonyl (C=O) groups is 1. The Morgan fingerprint density at radius 1 is 1.33 bits per heavy atom. The average molecular weight is 352 g/mol. The van der Waals surface area contributed by atoms with Gasteiger partial charge in [-0.05, 0) is 46.3 Å². The highest BCUT2D eigenvalue weighted by atomic mass is 79.9. The summed E-state index contributed by atoms with van der Waals surface area (Å²) >= 11 is 3.33. The minimum absolute atomic E-state index is 0.0394. The number of hydrogen-bond acceptors (Lipinski definition) is 3. The van der Waals surface area contributed by atoms with E-state index in [1.807, 2.05) is 0 Å². The van der Waals surface area contributed by atoms with E-state index >= 15 is 0 Å². The summed E-state index contributed by atoms with van der Waals surface area (Å²) in [6, 6.07) is 11.4.